The van der Waals surface area contributed by atoms with Gasteiger partial charge in [0.15, 0.2) is 5.78 Å². The maximum atomic E-state index is 13.9. The summed E-state index contributed by atoms with van der Waals surface area (Å²) in [5.74, 6) is 7.15. The SMILES string of the molecule is O=C(c1ccc(CC(c2ccccc2)=S2CCSCC2)cc1)C(C1CCCCC1)C1CCCCC1. The number of Topliss-reactive ketones (excluding diaryl/α,β-unsaturated/α-hetero) is 1. The normalized spacial score (nSPS) is 20.7. The van der Waals surface area contributed by atoms with Gasteiger partial charge in [0.05, 0.1) is 0 Å². The first-order chi connectivity index (χ1) is 17.3. The van der Waals surface area contributed by atoms with Crippen molar-refractivity contribution in [2.75, 3.05) is 23.0 Å². The number of ketones is 1. The summed E-state index contributed by atoms with van der Waals surface area (Å²) in [6, 6.07) is 19.9. The van der Waals surface area contributed by atoms with Crippen molar-refractivity contribution in [2.45, 2.75) is 70.6 Å². The molecule has 1 aliphatic heterocycles. The van der Waals surface area contributed by atoms with Gasteiger partial charge in [-0.15, -0.1) is 0 Å². The second-order valence-electron chi connectivity index (χ2n) is 10.9. The molecule has 1 saturated heterocycles. The van der Waals surface area contributed by atoms with Crippen molar-refractivity contribution in [3.8, 4) is 0 Å². The van der Waals surface area contributed by atoms with Crippen LogP contribution in [0.4, 0.5) is 0 Å². The van der Waals surface area contributed by atoms with Crippen molar-refractivity contribution >= 4 is 32.9 Å². The zero-order valence-corrected chi connectivity index (χ0v) is 22.9. The molecule has 0 aromatic heterocycles. The van der Waals surface area contributed by atoms with E-state index < -0.39 is 0 Å². The minimum absolute atomic E-state index is 0.258. The smallest absolute Gasteiger partial charge is 0.166 e. The van der Waals surface area contributed by atoms with Gasteiger partial charge in [0.2, 0.25) is 0 Å². The summed E-state index contributed by atoms with van der Waals surface area (Å²) in [5, 5.41) is 0. The standard InChI is InChI=1S/C32H42OS2/c33-32(31(27-12-6-2-7-13-27)28-14-8-3-9-15-28)29-18-16-25(17-19-29)24-30(26-10-4-1-5-11-26)35-22-20-34-21-23-35/h1,4-5,10-11,16-19,27-28,31H,2-3,6-9,12-15,20-24H2. The van der Waals surface area contributed by atoms with E-state index in [1.54, 1.807) is 4.86 Å². The molecular formula is C32H42OS2. The minimum atomic E-state index is 0.258. The van der Waals surface area contributed by atoms with Crippen LogP contribution in [0, 0.1) is 17.8 Å². The molecule has 0 bridgehead atoms. The van der Waals surface area contributed by atoms with Gasteiger partial charge < -0.3 is 0 Å². The molecule has 0 spiro atoms. The van der Waals surface area contributed by atoms with Crippen molar-refractivity contribution in [3.05, 3.63) is 71.3 Å². The molecule has 0 N–H and O–H groups in total. The highest BCUT2D eigenvalue weighted by atomic mass is 32.2. The van der Waals surface area contributed by atoms with Crippen molar-refractivity contribution in [3.63, 3.8) is 0 Å². The Kier molecular flexibility index (Phi) is 9.24. The number of rotatable bonds is 7. The molecule has 2 saturated carbocycles. The third kappa shape index (κ3) is 6.52. The van der Waals surface area contributed by atoms with E-state index >= 15 is 0 Å². The van der Waals surface area contributed by atoms with Crippen LogP contribution in [0.3, 0.4) is 0 Å². The lowest BCUT2D eigenvalue weighted by Gasteiger charge is -2.37. The van der Waals surface area contributed by atoms with Crippen LogP contribution in [0.25, 0.3) is 0 Å². The second-order valence-corrected chi connectivity index (χ2v) is 14.4. The van der Waals surface area contributed by atoms with E-state index in [9.17, 15) is 4.79 Å². The molecule has 1 nitrogen and oxygen atoms in total. The van der Waals surface area contributed by atoms with E-state index in [4.69, 9.17) is 0 Å². The lowest BCUT2D eigenvalue weighted by atomic mass is 9.67. The average Bonchev–Trinajstić information content (AvgIpc) is 2.94. The fourth-order valence-electron chi connectivity index (χ4n) is 6.73. The van der Waals surface area contributed by atoms with Crippen LogP contribution >= 0.6 is 22.2 Å². The van der Waals surface area contributed by atoms with E-state index in [-0.39, 0.29) is 5.92 Å². The second kappa shape index (κ2) is 12.8. The van der Waals surface area contributed by atoms with Gasteiger partial charge in [0, 0.05) is 29.4 Å². The zero-order valence-electron chi connectivity index (χ0n) is 21.3. The first-order valence-corrected chi connectivity index (χ1v) is 16.8. The monoisotopic (exact) mass is 506 g/mol. The van der Waals surface area contributed by atoms with Crippen LogP contribution in [0.2, 0.25) is 0 Å². The van der Waals surface area contributed by atoms with Crippen LogP contribution in [-0.4, -0.2) is 33.7 Å². The van der Waals surface area contributed by atoms with Gasteiger partial charge in [-0.1, -0.05) is 93.1 Å². The average molecular weight is 507 g/mol. The molecule has 0 atom stereocenters. The molecule has 3 heteroatoms. The first kappa shape index (κ1) is 25.3. The Hall–Kier alpha value is -1.32. The van der Waals surface area contributed by atoms with Crippen LogP contribution < -0.4 is 0 Å². The summed E-state index contributed by atoms with van der Waals surface area (Å²) in [5.41, 5.74) is 3.74. The predicted molar refractivity (Wildman–Crippen MR) is 156 cm³/mol. The minimum Gasteiger partial charge on any atom is -0.294 e. The molecule has 3 aliphatic rings. The molecule has 2 aliphatic carbocycles. The van der Waals surface area contributed by atoms with E-state index in [2.05, 4.69) is 66.4 Å². The molecule has 0 unspecified atom stereocenters. The molecule has 188 valence electrons. The molecule has 35 heavy (non-hydrogen) atoms. The molecule has 2 aromatic carbocycles. The molecule has 5 rings (SSSR count). The number of carbonyl (C=O) groups excluding carboxylic acids is 1. The van der Waals surface area contributed by atoms with Gasteiger partial charge in [-0.2, -0.15) is 22.2 Å². The molecule has 0 radical (unpaired) electrons. The maximum Gasteiger partial charge on any atom is 0.166 e. The number of hydrogen-bond donors (Lipinski definition) is 0. The van der Waals surface area contributed by atoms with Crippen LogP contribution in [-0.2, 0) is 6.42 Å². The number of benzene rings is 2. The summed E-state index contributed by atoms with van der Waals surface area (Å²) < 4.78 is 0. The summed E-state index contributed by atoms with van der Waals surface area (Å²) in [4.78, 5) is 15.6. The van der Waals surface area contributed by atoms with Crippen LogP contribution in [0.5, 0.6) is 0 Å². The van der Waals surface area contributed by atoms with Crippen LogP contribution in [0.1, 0.15) is 85.7 Å². The van der Waals surface area contributed by atoms with Gasteiger partial charge in [-0.3, -0.25) is 4.79 Å². The summed E-state index contributed by atoms with van der Waals surface area (Å²) >= 11 is 2.10. The lowest BCUT2D eigenvalue weighted by molar-refractivity contribution is 0.0710. The van der Waals surface area contributed by atoms with Gasteiger partial charge in [0.1, 0.15) is 0 Å². The Balaban J connectivity index is 1.36. The third-order valence-electron chi connectivity index (χ3n) is 8.61. The number of thioether (sulfide) groups is 1. The van der Waals surface area contributed by atoms with Crippen molar-refractivity contribution < 1.29 is 4.79 Å². The van der Waals surface area contributed by atoms with Gasteiger partial charge >= 0.3 is 0 Å². The predicted octanol–water partition coefficient (Wildman–Crippen LogP) is 8.43. The zero-order chi connectivity index (χ0) is 23.9. The maximum absolute atomic E-state index is 13.9. The Morgan fingerprint density at radius 1 is 0.743 bits per heavy atom. The van der Waals surface area contributed by atoms with Crippen molar-refractivity contribution in [1.82, 2.24) is 0 Å². The number of hydrogen-bond acceptors (Lipinski definition) is 2. The molecule has 3 fully saturated rings. The summed E-state index contributed by atoms with van der Waals surface area (Å²) in [6.45, 7) is 0. The third-order valence-corrected chi connectivity index (χ3v) is 12.6. The highest BCUT2D eigenvalue weighted by Crippen LogP contribution is 2.41. The summed E-state index contributed by atoms with van der Waals surface area (Å²) in [7, 11) is 0.367. The largest absolute Gasteiger partial charge is 0.294 e. The Morgan fingerprint density at radius 3 is 1.89 bits per heavy atom. The first-order valence-electron chi connectivity index (χ1n) is 14.1. The van der Waals surface area contributed by atoms with E-state index in [1.165, 1.54) is 98.3 Å². The Morgan fingerprint density at radius 2 is 1.31 bits per heavy atom. The molecular weight excluding hydrogens is 464 g/mol. The van der Waals surface area contributed by atoms with Crippen LogP contribution in [0.15, 0.2) is 54.6 Å². The molecule has 0 amide bonds. The summed E-state index contributed by atoms with van der Waals surface area (Å²) in [6.07, 6.45) is 14.1. The molecule has 2 aromatic rings. The Bertz CT molecular complexity index is 956. The van der Waals surface area contributed by atoms with E-state index in [1.807, 2.05) is 0 Å². The fourth-order valence-corrected chi connectivity index (χ4v) is 11.0. The van der Waals surface area contributed by atoms with Gasteiger partial charge in [-0.25, -0.2) is 0 Å². The lowest BCUT2D eigenvalue weighted by Crippen LogP contribution is -2.33. The highest BCUT2D eigenvalue weighted by molar-refractivity contribution is 8.18. The quantitative estimate of drug-likeness (QED) is 0.277. The topological polar surface area (TPSA) is 17.1 Å². The van der Waals surface area contributed by atoms with Gasteiger partial charge in [0.25, 0.3) is 0 Å². The number of carbonyl (C=O) groups is 1. The van der Waals surface area contributed by atoms with Crippen molar-refractivity contribution in [1.29, 1.82) is 0 Å². The van der Waals surface area contributed by atoms with Gasteiger partial charge in [-0.05, 0) is 65.0 Å². The fraction of sp³-hybridized carbons (Fsp3) is 0.562. The van der Waals surface area contributed by atoms with E-state index in [0.717, 1.165) is 12.0 Å². The highest BCUT2D eigenvalue weighted by Gasteiger charge is 2.36. The van der Waals surface area contributed by atoms with E-state index in [0.29, 0.717) is 28.1 Å². The van der Waals surface area contributed by atoms with Crippen molar-refractivity contribution in [2.24, 2.45) is 17.8 Å². The Labute approximate surface area is 219 Å². The molecule has 1 heterocycles.